The second-order valence-electron chi connectivity index (χ2n) is 2.68. The molecular weight excluding hydrogens is 153 g/mol. The minimum atomic E-state index is 0. The Bertz CT molecular complexity index is 31.5. The van der Waals surface area contributed by atoms with Crippen LogP contribution in [0.3, 0.4) is 0 Å². The van der Waals surface area contributed by atoms with Crippen LogP contribution in [-0.2, 0) is 0 Å². The van der Waals surface area contributed by atoms with Crippen molar-refractivity contribution in [2.45, 2.75) is 0 Å². The molecule has 2 nitrogen and oxygen atoms in total. The van der Waals surface area contributed by atoms with Gasteiger partial charge >= 0.3 is 51.4 Å². The molecule has 0 aromatic carbocycles. The van der Waals surface area contributed by atoms with E-state index in [1.165, 1.54) is 0 Å². The molecule has 0 saturated carbocycles. The van der Waals surface area contributed by atoms with Crippen molar-refractivity contribution in [1.29, 1.82) is 0 Å². The van der Waals surface area contributed by atoms with Gasteiger partial charge in [0.1, 0.15) is 0 Å². The van der Waals surface area contributed by atoms with E-state index in [0.717, 1.165) is 4.48 Å². The van der Waals surface area contributed by atoms with E-state index in [1.54, 1.807) is 0 Å². The van der Waals surface area contributed by atoms with Gasteiger partial charge in [0.2, 0.25) is 0 Å². The van der Waals surface area contributed by atoms with Crippen LogP contribution in [0.25, 0.3) is 0 Å². The zero-order valence-electron chi connectivity index (χ0n) is 6.27. The Kier molecular flexibility index (Phi) is 24.9. The first-order chi connectivity index (χ1) is 2.00. The Morgan fingerprint density at radius 3 is 0.875 bits per heavy atom. The molecule has 0 atom stereocenters. The molecule has 0 aromatic heterocycles. The maximum absolute atomic E-state index is 2.12. The molecule has 0 rings (SSSR count). The van der Waals surface area contributed by atoms with E-state index in [9.17, 15) is 0 Å². The van der Waals surface area contributed by atoms with Crippen molar-refractivity contribution in [3.05, 3.63) is 0 Å². The molecule has 0 spiro atoms. The molecule has 8 heavy (non-hydrogen) atoms. The summed E-state index contributed by atoms with van der Waals surface area (Å²) in [7, 11) is 8.50. The Morgan fingerprint density at radius 1 is 0.875 bits per heavy atom. The largest absolute Gasteiger partial charge is 1.00 e. The van der Waals surface area contributed by atoms with Gasteiger partial charge in [0, 0.05) is 0 Å². The number of quaternary nitrogens is 1. The van der Waals surface area contributed by atoms with E-state index in [1.807, 2.05) is 0 Å². The molecule has 4 heteroatoms. The summed E-state index contributed by atoms with van der Waals surface area (Å²) in [6.45, 7) is 0. The van der Waals surface area contributed by atoms with Crippen molar-refractivity contribution in [2.24, 2.45) is 0 Å². The summed E-state index contributed by atoms with van der Waals surface area (Å²) in [6.07, 6.45) is 0. The average Bonchev–Trinajstić information content (AvgIpc) is 0.722. The molecule has 1 N–H and O–H groups in total. The molecule has 0 bridgehead atoms. The SMILES string of the molecule is C[N+](C)(C)C.[Cl-].[K+].[OH-]. The number of rotatable bonds is 0. The van der Waals surface area contributed by atoms with Gasteiger partial charge in [-0.25, -0.2) is 0 Å². The third kappa shape index (κ3) is 108. The van der Waals surface area contributed by atoms with Gasteiger partial charge in [-0.15, -0.1) is 0 Å². The predicted octanol–water partition coefficient (Wildman–Crippen LogP) is -5.85. The fraction of sp³-hybridized carbons (Fsp3) is 1.00. The van der Waals surface area contributed by atoms with Crippen LogP contribution in [0.5, 0.6) is 0 Å². The van der Waals surface area contributed by atoms with Gasteiger partial charge in [-0.1, -0.05) is 0 Å². The monoisotopic (exact) mass is 165 g/mol. The van der Waals surface area contributed by atoms with Crippen LogP contribution in [0.15, 0.2) is 0 Å². The molecule has 0 amide bonds. The molecule has 0 aromatic rings. The van der Waals surface area contributed by atoms with Crippen LogP contribution in [0, 0.1) is 0 Å². The maximum Gasteiger partial charge on any atom is 1.00 e. The predicted molar refractivity (Wildman–Crippen MR) is 25.9 cm³/mol. The molecule has 0 heterocycles. The van der Waals surface area contributed by atoms with Gasteiger partial charge in [0.15, 0.2) is 0 Å². The van der Waals surface area contributed by atoms with E-state index in [-0.39, 0.29) is 69.3 Å². The van der Waals surface area contributed by atoms with Crippen molar-refractivity contribution >= 4 is 0 Å². The molecule has 0 aliphatic heterocycles. The van der Waals surface area contributed by atoms with Crippen LogP contribution in [0.1, 0.15) is 0 Å². The first-order valence-corrected chi connectivity index (χ1v) is 1.79. The summed E-state index contributed by atoms with van der Waals surface area (Å²) in [5.74, 6) is 0. The summed E-state index contributed by atoms with van der Waals surface area (Å²) in [4.78, 5) is 0. The van der Waals surface area contributed by atoms with Crippen LogP contribution >= 0.6 is 0 Å². The number of nitrogens with zero attached hydrogens (tertiary/aromatic N) is 1. The van der Waals surface area contributed by atoms with E-state index in [0.29, 0.717) is 0 Å². The zero-order valence-corrected chi connectivity index (χ0v) is 10.2. The van der Waals surface area contributed by atoms with Crippen molar-refractivity contribution in [3.8, 4) is 0 Å². The zero-order chi connectivity index (χ0) is 4.50. The van der Waals surface area contributed by atoms with E-state index in [2.05, 4.69) is 28.2 Å². The topological polar surface area (TPSA) is 30.0 Å². The normalized spacial score (nSPS) is 7.50. The number of halogens is 1. The molecule has 0 radical (unpaired) electrons. The standard InChI is InChI=1S/C4H12N.ClH.K.H2O/c1-5(2,3)4;;;/h1-4H3;1H;;1H2/q+1;;+1;/p-2. The van der Waals surface area contributed by atoms with Gasteiger partial charge < -0.3 is 22.4 Å². The maximum atomic E-state index is 2.12. The minimum Gasteiger partial charge on any atom is -1.00 e. The average molecular weight is 166 g/mol. The third-order valence-corrected chi connectivity index (χ3v) is 0. The summed E-state index contributed by atoms with van der Waals surface area (Å²) < 4.78 is 1.00. The van der Waals surface area contributed by atoms with Gasteiger partial charge in [0.05, 0.1) is 28.2 Å². The van der Waals surface area contributed by atoms with Crippen LogP contribution in [0.2, 0.25) is 0 Å². The van der Waals surface area contributed by atoms with Gasteiger partial charge in [-0.3, -0.25) is 0 Å². The molecule has 0 fully saturated rings. The van der Waals surface area contributed by atoms with Crippen molar-refractivity contribution in [3.63, 3.8) is 0 Å². The van der Waals surface area contributed by atoms with Gasteiger partial charge in [-0.05, 0) is 0 Å². The molecule has 48 valence electrons. The second-order valence-corrected chi connectivity index (χ2v) is 2.68. The summed E-state index contributed by atoms with van der Waals surface area (Å²) >= 11 is 0. The van der Waals surface area contributed by atoms with Gasteiger partial charge in [0.25, 0.3) is 0 Å². The van der Waals surface area contributed by atoms with Crippen LogP contribution in [0.4, 0.5) is 0 Å². The van der Waals surface area contributed by atoms with E-state index in [4.69, 9.17) is 0 Å². The minimum absolute atomic E-state index is 0. The van der Waals surface area contributed by atoms with Crippen molar-refractivity contribution < 1.29 is 73.8 Å². The van der Waals surface area contributed by atoms with Crippen LogP contribution < -0.4 is 63.8 Å². The number of hydrogen-bond acceptors (Lipinski definition) is 1. The summed E-state index contributed by atoms with van der Waals surface area (Å²) in [5.41, 5.74) is 0. The van der Waals surface area contributed by atoms with Crippen LogP contribution in [-0.4, -0.2) is 38.1 Å². The summed E-state index contributed by atoms with van der Waals surface area (Å²) in [5, 5.41) is 0. The molecule has 0 saturated heterocycles. The van der Waals surface area contributed by atoms with Gasteiger partial charge in [-0.2, -0.15) is 0 Å². The Labute approximate surface area is 100 Å². The Balaban J connectivity index is -0.0000000267. The first-order valence-electron chi connectivity index (χ1n) is 1.79. The smallest absolute Gasteiger partial charge is 1.00 e. The fourth-order valence-electron chi connectivity index (χ4n) is 0. The molecular formula is C4H13ClKNO. The van der Waals surface area contributed by atoms with Crippen molar-refractivity contribution in [1.82, 2.24) is 0 Å². The first kappa shape index (κ1) is 22.5. The summed E-state index contributed by atoms with van der Waals surface area (Å²) in [6, 6.07) is 0. The molecule has 0 aliphatic rings. The quantitative estimate of drug-likeness (QED) is 0.260. The third-order valence-electron chi connectivity index (χ3n) is 0. The van der Waals surface area contributed by atoms with Crippen molar-refractivity contribution in [2.75, 3.05) is 28.2 Å². The Morgan fingerprint density at radius 2 is 0.875 bits per heavy atom. The number of hydrogen-bond donors (Lipinski definition) is 0. The molecule has 0 aliphatic carbocycles. The Hall–Kier alpha value is 1.85. The second kappa shape index (κ2) is 8.85. The molecule has 0 unspecified atom stereocenters. The fourth-order valence-corrected chi connectivity index (χ4v) is 0. The van der Waals surface area contributed by atoms with E-state index >= 15 is 0 Å². The van der Waals surface area contributed by atoms with E-state index < -0.39 is 0 Å².